The molecular weight excluding hydrogens is 356 g/mol. The van der Waals surface area contributed by atoms with Crippen LogP contribution in [0.15, 0.2) is 12.1 Å². The molecule has 0 atom stereocenters. The van der Waals surface area contributed by atoms with Crippen molar-refractivity contribution < 1.29 is 19.1 Å². The first-order valence-corrected chi connectivity index (χ1v) is 10.4. The maximum atomic E-state index is 13.3. The number of hydrogen-bond donors (Lipinski definition) is 1. The van der Waals surface area contributed by atoms with E-state index in [0.29, 0.717) is 37.4 Å². The third-order valence-electron chi connectivity index (χ3n) is 6.54. The fourth-order valence-electron chi connectivity index (χ4n) is 4.59. The summed E-state index contributed by atoms with van der Waals surface area (Å²) in [5.74, 6) is 1.32. The van der Waals surface area contributed by atoms with Gasteiger partial charge in [-0.1, -0.05) is 19.3 Å². The summed E-state index contributed by atoms with van der Waals surface area (Å²) < 4.78 is 10.8. The van der Waals surface area contributed by atoms with Crippen LogP contribution < -0.4 is 14.8 Å². The molecule has 1 heterocycles. The molecule has 0 aromatic heterocycles. The Morgan fingerprint density at radius 3 is 2.29 bits per heavy atom. The molecule has 2 aliphatic carbocycles. The van der Waals surface area contributed by atoms with Crippen LogP contribution >= 0.6 is 0 Å². The maximum absolute atomic E-state index is 13.3. The Bertz CT molecular complexity index is 766. The van der Waals surface area contributed by atoms with Gasteiger partial charge in [-0.05, 0) is 55.4 Å². The van der Waals surface area contributed by atoms with E-state index in [0.717, 1.165) is 24.8 Å². The second-order valence-electron chi connectivity index (χ2n) is 8.34. The van der Waals surface area contributed by atoms with Gasteiger partial charge in [0.1, 0.15) is 5.41 Å². The Labute approximate surface area is 166 Å². The van der Waals surface area contributed by atoms with E-state index >= 15 is 0 Å². The fraction of sp³-hybridized carbons (Fsp3) is 0.636. The molecule has 2 saturated carbocycles. The van der Waals surface area contributed by atoms with Crippen molar-refractivity contribution in [3.63, 3.8) is 0 Å². The zero-order chi connectivity index (χ0) is 19.7. The fourth-order valence-corrected chi connectivity index (χ4v) is 4.59. The number of nitrogens with zero attached hydrogens (tertiary/aromatic N) is 1. The number of methoxy groups -OCH3 is 2. The number of fused-ring (bicyclic) bond motifs is 1. The van der Waals surface area contributed by atoms with Gasteiger partial charge in [0.15, 0.2) is 11.5 Å². The van der Waals surface area contributed by atoms with E-state index in [-0.39, 0.29) is 17.9 Å². The zero-order valence-corrected chi connectivity index (χ0v) is 16.9. The van der Waals surface area contributed by atoms with Gasteiger partial charge in [-0.25, -0.2) is 0 Å². The molecule has 1 aromatic carbocycles. The lowest BCUT2D eigenvalue weighted by molar-refractivity contribution is -0.145. The highest BCUT2D eigenvalue weighted by molar-refractivity contribution is 6.08. The number of hydrogen-bond acceptors (Lipinski definition) is 4. The van der Waals surface area contributed by atoms with Gasteiger partial charge in [0.2, 0.25) is 11.8 Å². The number of amides is 2. The van der Waals surface area contributed by atoms with Gasteiger partial charge in [-0.15, -0.1) is 0 Å². The molecule has 0 bridgehead atoms. The molecule has 0 radical (unpaired) electrons. The lowest BCUT2D eigenvalue weighted by atomic mass is 9.93. The smallest absolute Gasteiger partial charge is 0.238 e. The number of carbonyl (C=O) groups is 2. The summed E-state index contributed by atoms with van der Waals surface area (Å²) >= 11 is 0. The van der Waals surface area contributed by atoms with E-state index in [4.69, 9.17) is 9.47 Å². The first-order chi connectivity index (χ1) is 13.6. The average molecular weight is 386 g/mol. The average Bonchev–Trinajstić information content (AvgIpc) is 3.54. The number of ether oxygens (including phenoxy) is 2. The molecule has 0 spiro atoms. The van der Waals surface area contributed by atoms with E-state index in [1.54, 1.807) is 14.2 Å². The second-order valence-corrected chi connectivity index (χ2v) is 8.34. The number of carbonyl (C=O) groups excluding carboxylic acids is 2. The van der Waals surface area contributed by atoms with E-state index in [9.17, 15) is 9.59 Å². The van der Waals surface area contributed by atoms with Gasteiger partial charge in [0.25, 0.3) is 0 Å². The van der Waals surface area contributed by atoms with Crippen LogP contribution in [0.4, 0.5) is 0 Å². The largest absolute Gasteiger partial charge is 0.493 e. The lowest BCUT2D eigenvalue weighted by Gasteiger charge is -2.33. The summed E-state index contributed by atoms with van der Waals surface area (Å²) in [6.07, 6.45) is 7.75. The van der Waals surface area contributed by atoms with E-state index in [2.05, 4.69) is 5.32 Å². The molecule has 1 aliphatic heterocycles. The van der Waals surface area contributed by atoms with Crippen molar-refractivity contribution in [2.24, 2.45) is 5.41 Å². The minimum atomic E-state index is -0.828. The lowest BCUT2D eigenvalue weighted by Crippen LogP contribution is -2.49. The Hall–Kier alpha value is -2.24. The second kappa shape index (κ2) is 7.64. The standard InChI is InChI=1S/C22H30N2O4/c1-27-18-12-15-8-11-24(14-16(15)13-19(18)28-2)21(26)22(9-10-22)20(25)23-17-6-4-3-5-7-17/h12-13,17H,3-11,14H2,1-2H3,(H,23,25). The Morgan fingerprint density at radius 2 is 1.68 bits per heavy atom. The van der Waals surface area contributed by atoms with Gasteiger partial charge in [-0.2, -0.15) is 0 Å². The van der Waals surface area contributed by atoms with E-state index in [1.165, 1.54) is 24.8 Å². The Kier molecular flexibility index (Phi) is 5.21. The molecule has 0 unspecified atom stereocenters. The van der Waals surface area contributed by atoms with Crippen molar-refractivity contribution in [2.45, 2.75) is 64.0 Å². The molecule has 6 heteroatoms. The van der Waals surface area contributed by atoms with Crippen molar-refractivity contribution in [2.75, 3.05) is 20.8 Å². The van der Waals surface area contributed by atoms with Crippen LogP contribution in [-0.2, 0) is 22.6 Å². The van der Waals surface area contributed by atoms with Crippen LogP contribution in [0.5, 0.6) is 11.5 Å². The summed E-state index contributed by atoms with van der Waals surface area (Å²) in [5.41, 5.74) is 1.42. The van der Waals surface area contributed by atoms with Crippen LogP contribution in [0.2, 0.25) is 0 Å². The zero-order valence-electron chi connectivity index (χ0n) is 16.9. The minimum absolute atomic E-state index is 0.0127. The predicted octanol–water partition coefficient (Wildman–Crippen LogP) is 2.82. The molecule has 1 N–H and O–H groups in total. The molecule has 152 valence electrons. The van der Waals surface area contributed by atoms with Gasteiger partial charge < -0.3 is 19.7 Å². The van der Waals surface area contributed by atoms with Crippen molar-refractivity contribution in [3.8, 4) is 11.5 Å². The molecule has 6 nitrogen and oxygen atoms in total. The summed E-state index contributed by atoms with van der Waals surface area (Å²) in [5, 5.41) is 3.17. The first-order valence-electron chi connectivity index (χ1n) is 10.4. The third kappa shape index (κ3) is 3.45. The quantitative estimate of drug-likeness (QED) is 0.790. The normalized spacial score (nSPS) is 20.9. The highest BCUT2D eigenvalue weighted by Gasteiger charge is 2.58. The molecular formula is C22H30N2O4. The summed E-state index contributed by atoms with van der Waals surface area (Å²) in [6.45, 7) is 1.16. The first kappa shape index (κ1) is 19.1. The van der Waals surface area contributed by atoms with Crippen molar-refractivity contribution in [1.29, 1.82) is 0 Å². The highest BCUT2D eigenvalue weighted by atomic mass is 16.5. The van der Waals surface area contributed by atoms with Gasteiger partial charge in [0.05, 0.1) is 14.2 Å². The molecule has 2 amide bonds. The van der Waals surface area contributed by atoms with E-state index < -0.39 is 5.41 Å². The molecule has 1 aromatic rings. The minimum Gasteiger partial charge on any atom is -0.493 e. The third-order valence-corrected chi connectivity index (χ3v) is 6.54. The van der Waals surface area contributed by atoms with Crippen LogP contribution in [0, 0.1) is 5.41 Å². The van der Waals surface area contributed by atoms with Gasteiger partial charge in [0, 0.05) is 19.1 Å². The molecule has 2 fully saturated rings. The number of benzene rings is 1. The molecule has 3 aliphatic rings. The summed E-state index contributed by atoms with van der Waals surface area (Å²) in [6, 6.07) is 4.19. The highest BCUT2D eigenvalue weighted by Crippen LogP contribution is 2.48. The maximum Gasteiger partial charge on any atom is 0.238 e. The van der Waals surface area contributed by atoms with Crippen molar-refractivity contribution >= 4 is 11.8 Å². The molecule has 28 heavy (non-hydrogen) atoms. The van der Waals surface area contributed by atoms with Crippen molar-refractivity contribution in [3.05, 3.63) is 23.3 Å². The topological polar surface area (TPSA) is 67.9 Å². The number of nitrogens with one attached hydrogen (secondary N) is 1. The van der Waals surface area contributed by atoms with Crippen LogP contribution in [0.25, 0.3) is 0 Å². The van der Waals surface area contributed by atoms with Crippen molar-refractivity contribution in [1.82, 2.24) is 10.2 Å². The van der Waals surface area contributed by atoms with E-state index in [1.807, 2.05) is 17.0 Å². The SMILES string of the molecule is COc1cc2c(cc1OC)CN(C(=O)C1(C(=O)NC3CCCCC3)CC1)CC2. The Balaban J connectivity index is 1.46. The van der Waals surface area contributed by atoms with Crippen LogP contribution in [0.1, 0.15) is 56.1 Å². The Morgan fingerprint density at radius 1 is 1.04 bits per heavy atom. The van der Waals surface area contributed by atoms with Crippen LogP contribution in [0.3, 0.4) is 0 Å². The van der Waals surface area contributed by atoms with Gasteiger partial charge in [-0.3, -0.25) is 9.59 Å². The van der Waals surface area contributed by atoms with Gasteiger partial charge >= 0.3 is 0 Å². The summed E-state index contributed by atoms with van der Waals surface area (Å²) in [7, 11) is 3.25. The number of rotatable bonds is 5. The molecule has 4 rings (SSSR count). The predicted molar refractivity (Wildman–Crippen MR) is 105 cm³/mol. The monoisotopic (exact) mass is 386 g/mol. The van der Waals surface area contributed by atoms with Crippen LogP contribution in [-0.4, -0.2) is 43.5 Å². The molecule has 0 saturated heterocycles. The summed E-state index contributed by atoms with van der Waals surface area (Å²) in [4.78, 5) is 28.0.